The molecule has 21 heavy (non-hydrogen) atoms. The number of hydrogen-bond acceptors (Lipinski definition) is 1. The van der Waals surface area contributed by atoms with Gasteiger partial charge in [0.1, 0.15) is 0 Å². The Morgan fingerprint density at radius 2 is 1.62 bits per heavy atom. The smallest absolute Gasteiger partial charge is 0.0323 e. The van der Waals surface area contributed by atoms with Crippen LogP contribution in [-0.2, 0) is 6.42 Å². The second kappa shape index (κ2) is 6.91. The van der Waals surface area contributed by atoms with Gasteiger partial charge < -0.3 is 5.32 Å². The van der Waals surface area contributed by atoms with E-state index in [0.717, 1.165) is 6.54 Å². The van der Waals surface area contributed by atoms with Crippen LogP contribution in [0.1, 0.15) is 54.8 Å². The molecule has 1 aliphatic rings. The third kappa shape index (κ3) is 3.54. The normalized spacial score (nSPS) is 21.0. The van der Waals surface area contributed by atoms with Crippen LogP contribution in [-0.4, -0.2) is 6.54 Å². The Hall–Kier alpha value is -1.60. The van der Waals surface area contributed by atoms with Crippen molar-refractivity contribution in [3.63, 3.8) is 0 Å². The van der Waals surface area contributed by atoms with Crippen molar-refractivity contribution in [2.24, 2.45) is 0 Å². The molecule has 2 unspecified atom stereocenters. The van der Waals surface area contributed by atoms with Gasteiger partial charge >= 0.3 is 0 Å². The zero-order chi connectivity index (χ0) is 14.5. The van der Waals surface area contributed by atoms with E-state index >= 15 is 0 Å². The number of aryl methyl sites for hydroxylation is 1. The van der Waals surface area contributed by atoms with Gasteiger partial charge in [-0.25, -0.2) is 0 Å². The maximum Gasteiger partial charge on any atom is 0.0323 e. The van der Waals surface area contributed by atoms with Gasteiger partial charge in [-0.1, -0.05) is 61.5 Å². The van der Waals surface area contributed by atoms with E-state index in [-0.39, 0.29) is 0 Å². The molecule has 0 radical (unpaired) electrons. The van der Waals surface area contributed by atoms with Crippen molar-refractivity contribution >= 4 is 0 Å². The van der Waals surface area contributed by atoms with Crippen molar-refractivity contribution < 1.29 is 0 Å². The molecule has 2 atom stereocenters. The van der Waals surface area contributed by atoms with E-state index in [1.807, 2.05) is 0 Å². The van der Waals surface area contributed by atoms with E-state index in [0.29, 0.717) is 12.0 Å². The van der Waals surface area contributed by atoms with Crippen molar-refractivity contribution in [3.8, 4) is 0 Å². The Balaban J connectivity index is 1.53. The standard InChI is InChI=1S/C20H25N/c1-16-13-14-20(19-12-6-5-11-18(16)19)21-15-7-10-17-8-3-2-4-9-17/h2-6,8-9,11-12,16,20-21H,7,10,13-15H2,1H3. The summed E-state index contributed by atoms with van der Waals surface area (Å²) in [7, 11) is 0. The van der Waals surface area contributed by atoms with E-state index in [2.05, 4.69) is 66.8 Å². The fourth-order valence-corrected chi connectivity index (χ4v) is 3.43. The highest BCUT2D eigenvalue weighted by Crippen LogP contribution is 2.36. The van der Waals surface area contributed by atoms with E-state index < -0.39 is 0 Å². The first kappa shape index (κ1) is 14.3. The van der Waals surface area contributed by atoms with Crippen LogP contribution in [0.4, 0.5) is 0 Å². The molecule has 110 valence electrons. The summed E-state index contributed by atoms with van der Waals surface area (Å²) < 4.78 is 0. The quantitative estimate of drug-likeness (QED) is 0.772. The summed E-state index contributed by atoms with van der Waals surface area (Å²) >= 11 is 0. The minimum absolute atomic E-state index is 0.549. The summed E-state index contributed by atoms with van der Waals surface area (Å²) in [6.45, 7) is 3.45. The Labute approximate surface area is 128 Å². The largest absolute Gasteiger partial charge is 0.310 e. The zero-order valence-corrected chi connectivity index (χ0v) is 12.9. The Morgan fingerprint density at radius 3 is 2.43 bits per heavy atom. The van der Waals surface area contributed by atoms with Crippen LogP contribution in [0.15, 0.2) is 54.6 Å². The summed E-state index contributed by atoms with van der Waals surface area (Å²) in [4.78, 5) is 0. The number of rotatable bonds is 5. The molecule has 1 N–H and O–H groups in total. The average molecular weight is 279 g/mol. The zero-order valence-electron chi connectivity index (χ0n) is 12.9. The first-order valence-electron chi connectivity index (χ1n) is 8.21. The summed E-state index contributed by atoms with van der Waals surface area (Å²) in [6.07, 6.45) is 4.94. The van der Waals surface area contributed by atoms with Gasteiger partial charge in [-0.15, -0.1) is 0 Å². The van der Waals surface area contributed by atoms with Crippen LogP contribution >= 0.6 is 0 Å². The van der Waals surface area contributed by atoms with Gasteiger partial charge in [-0.3, -0.25) is 0 Å². The van der Waals surface area contributed by atoms with Gasteiger partial charge in [0.2, 0.25) is 0 Å². The number of benzene rings is 2. The van der Waals surface area contributed by atoms with Gasteiger partial charge in [0.05, 0.1) is 0 Å². The molecule has 1 nitrogen and oxygen atoms in total. The fraction of sp³-hybridized carbons (Fsp3) is 0.400. The third-order valence-corrected chi connectivity index (χ3v) is 4.67. The SMILES string of the molecule is CC1CCC(NCCCc2ccccc2)c2ccccc21. The van der Waals surface area contributed by atoms with Gasteiger partial charge in [0.25, 0.3) is 0 Å². The average Bonchev–Trinajstić information content (AvgIpc) is 2.55. The first-order valence-corrected chi connectivity index (χ1v) is 8.21. The number of fused-ring (bicyclic) bond motifs is 1. The maximum absolute atomic E-state index is 3.77. The Kier molecular flexibility index (Phi) is 4.72. The molecule has 2 aromatic rings. The van der Waals surface area contributed by atoms with Crippen LogP contribution in [0.25, 0.3) is 0 Å². The third-order valence-electron chi connectivity index (χ3n) is 4.67. The highest BCUT2D eigenvalue weighted by molar-refractivity contribution is 5.34. The van der Waals surface area contributed by atoms with Crippen LogP contribution < -0.4 is 5.32 Å². The predicted octanol–water partition coefficient (Wildman–Crippen LogP) is 4.85. The van der Waals surface area contributed by atoms with Gasteiger partial charge in [0.15, 0.2) is 0 Å². The molecular formula is C20H25N. The highest BCUT2D eigenvalue weighted by atomic mass is 14.9. The van der Waals surface area contributed by atoms with Gasteiger partial charge in [-0.05, 0) is 54.8 Å². The molecule has 3 rings (SSSR count). The summed E-state index contributed by atoms with van der Waals surface area (Å²) in [5.41, 5.74) is 4.51. The number of hydrogen-bond donors (Lipinski definition) is 1. The van der Waals surface area contributed by atoms with Crippen molar-refractivity contribution in [1.29, 1.82) is 0 Å². The van der Waals surface area contributed by atoms with E-state index in [1.54, 1.807) is 5.56 Å². The highest BCUT2D eigenvalue weighted by Gasteiger charge is 2.23. The lowest BCUT2D eigenvalue weighted by Gasteiger charge is -2.30. The van der Waals surface area contributed by atoms with Crippen molar-refractivity contribution in [3.05, 3.63) is 71.3 Å². The second-order valence-corrected chi connectivity index (χ2v) is 6.20. The molecule has 0 amide bonds. The Morgan fingerprint density at radius 1 is 0.905 bits per heavy atom. The van der Waals surface area contributed by atoms with Crippen molar-refractivity contribution in [2.45, 2.75) is 44.6 Å². The van der Waals surface area contributed by atoms with Crippen LogP contribution in [0.2, 0.25) is 0 Å². The first-order chi connectivity index (χ1) is 10.3. The molecule has 1 heteroatoms. The summed E-state index contributed by atoms with van der Waals surface area (Å²) in [6, 6.07) is 20.3. The molecule has 0 fully saturated rings. The molecule has 0 aromatic heterocycles. The molecule has 0 spiro atoms. The molecule has 0 aliphatic heterocycles. The summed E-state index contributed by atoms with van der Waals surface area (Å²) in [5, 5.41) is 3.77. The van der Waals surface area contributed by atoms with Crippen molar-refractivity contribution in [2.75, 3.05) is 6.54 Å². The molecule has 0 heterocycles. The minimum atomic E-state index is 0.549. The molecule has 0 bridgehead atoms. The van der Waals surface area contributed by atoms with Gasteiger partial charge in [0, 0.05) is 6.04 Å². The molecule has 0 saturated heterocycles. The topological polar surface area (TPSA) is 12.0 Å². The Bertz CT molecular complexity index is 561. The second-order valence-electron chi connectivity index (χ2n) is 6.20. The molecule has 2 aromatic carbocycles. The lowest BCUT2D eigenvalue weighted by atomic mass is 9.81. The van der Waals surface area contributed by atoms with E-state index in [1.165, 1.54) is 36.8 Å². The van der Waals surface area contributed by atoms with E-state index in [4.69, 9.17) is 0 Å². The fourth-order valence-electron chi connectivity index (χ4n) is 3.43. The maximum atomic E-state index is 3.77. The summed E-state index contributed by atoms with van der Waals surface area (Å²) in [5.74, 6) is 0.712. The lowest BCUT2D eigenvalue weighted by molar-refractivity contribution is 0.429. The van der Waals surface area contributed by atoms with Crippen LogP contribution in [0.3, 0.4) is 0 Å². The van der Waals surface area contributed by atoms with Crippen LogP contribution in [0.5, 0.6) is 0 Å². The molecule has 1 aliphatic carbocycles. The predicted molar refractivity (Wildman–Crippen MR) is 89.6 cm³/mol. The van der Waals surface area contributed by atoms with Gasteiger partial charge in [-0.2, -0.15) is 0 Å². The minimum Gasteiger partial charge on any atom is -0.310 e. The van der Waals surface area contributed by atoms with Crippen molar-refractivity contribution in [1.82, 2.24) is 5.32 Å². The monoisotopic (exact) mass is 279 g/mol. The van der Waals surface area contributed by atoms with Crippen LogP contribution in [0, 0.1) is 0 Å². The van der Waals surface area contributed by atoms with E-state index in [9.17, 15) is 0 Å². The molecular weight excluding hydrogens is 254 g/mol. The molecule has 0 saturated carbocycles. The lowest BCUT2D eigenvalue weighted by Crippen LogP contribution is -2.27. The number of nitrogens with one attached hydrogen (secondary N) is 1.